The molecule has 0 amide bonds. The van der Waals surface area contributed by atoms with E-state index in [-0.39, 0.29) is 16.9 Å². The Labute approximate surface area is 123 Å². The molecule has 2 aromatic carbocycles. The molecule has 2 rings (SSSR count). The number of thiol groups is 1. The Balaban J connectivity index is 0.000000956. The highest BCUT2D eigenvalue weighted by Gasteiger charge is 2.12. The van der Waals surface area contributed by atoms with E-state index in [1.165, 1.54) is 24.3 Å². The molecule has 0 fully saturated rings. The average molecular weight is 314 g/mol. The summed E-state index contributed by atoms with van der Waals surface area (Å²) in [5, 5.41) is 8.81. The topological polar surface area (TPSA) is 37.3 Å². The molecular weight excluding hydrogens is 301 g/mol. The van der Waals surface area contributed by atoms with Crippen LogP contribution in [0.4, 0.5) is 8.78 Å². The van der Waals surface area contributed by atoms with Gasteiger partial charge < -0.3 is 5.11 Å². The molecule has 6 heteroatoms. The monoisotopic (exact) mass is 314 g/mol. The van der Waals surface area contributed by atoms with Crippen molar-refractivity contribution in [1.29, 1.82) is 0 Å². The van der Waals surface area contributed by atoms with Gasteiger partial charge in [-0.2, -0.15) is 0 Å². The van der Waals surface area contributed by atoms with Crippen LogP contribution in [0.1, 0.15) is 10.4 Å². The molecule has 1 unspecified atom stereocenters. The minimum absolute atomic E-state index is 0.0282. The number of carbonyl (C=O) groups is 1. The third-order valence-electron chi connectivity index (χ3n) is 2.47. The number of halogens is 2. The molecule has 0 aromatic heterocycles. The second-order valence-electron chi connectivity index (χ2n) is 3.66. The van der Waals surface area contributed by atoms with Gasteiger partial charge in [0.15, 0.2) is 0 Å². The molecule has 0 heterocycles. The summed E-state index contributed by atoms with van der Waals surface area (Å²) in [7, 11) is 2.42. The van der Waals surface area contributed by atoms with Crippen LogP contribution in [0.5, 0.6) is 5.75 Å². The fraction of sp³-hybridized carbons (Fsp3) is 0.0714. The second-order valence-corrected chi connectivity index (χ2v) is 4.07. The van der Waals surface area contributed by atoms with Gasteiger partial charge in [-0.25, -0.2) is 8.78 Å². The molecule has 0 saturated carbocycles. The van der Waals surface area contributed by atoms with Gasteiger partial charge in [0.25, 0.3) is 0 Å². The van der Waals surface area contributed by atoms with Crippen molar-refractivity contribution in [2.45, 2.75) is 0 Å². The molecule has 106 valence electrons. The van der Waals surface area contributed by atoms with Crippen LogP contribution in [0, 0.1) is 11.6 Å². The molecule has 0 spiro atoms. The van der Waals surface area contributed by atoms with E-state index in [9.17, 15) is 18.7 Å². The van der Waals surface area contributed by atoms with Crippen molar-refractivity contribution in [3.8, 4) is 16.9 Å². The third-order valence-corrected chi connectivity index (χ3v) is 2.71. The number of rotatable bonds is 2. The van der Waals surface area contributed by atoms with Gasteiger partial charge in [-0.15, -0.1) is 21.9 Å². The van der Waals surface area contributed by atoms with Gasteiger partial charge in [-0.1, -0.05) is 12.7 Å². The molecule has 0 aliphatic carbocycles. The Kier molecular flexibility index (Phi) is 6.11. The average Bonchev–Trinajstić information content (AvgIpc) is 2.42. The van der Waals surface area contributed by atoms with Crippen LogP contribution >= 0.6 is 21.9 Å². The van der Waals surface area contributed by atoms with Gasteiger partial charge in [-0.05, 0) is 29.8 Å². The van der Waals surface area contributed by atoms with Crippen LogP contribution in [-0.2, 0) is 0 Å². The lowest BCUT2D eigenvalue weighted by atomic mass is 10.0. The van der Waals surface area contributed by atoms with E-state index in [4.69, 9.17) is 0 Å². The van der Waals surface area contributed by atoms with Crippen molar-refractivity contribution in [1.82, 2.24) is 0 Å². The third kappa shape index (κ3) is 3.78. The van der Waals surface area contributed by atoms with Crippen LogP contribution in [0.25, 0.3) is 11.1 Å². The van der Waals surface area contributed by atoms with Gasteiger partial charge >= 0.3 is 0 Å². The molecule has 0 saturated heterocycles. The van der Waals surface area contributed by atoms with Gasteiger partial charge in [0, 0.05) is 11.6 Å². The van der Waals surface area contributed by atoms with Crippen LogP contribution in [0.3, 0.4) is 0 Å². The van der Waals surface area contributed by atoms with Gasteiger partial charge in [-0.3, -0.25) is 4.79 Å². The summed E-state index contributed by atoms with van der Waals surface area (Å²) in [4.78, 5) is 11.1. The van der Waals surface area contributed by atoms with Crippen molar-refractivity contribution >= 4 is 27.0 Å². The standard InChI is InChI=1S/C13H8F2O2S.CH5P/c14-8-2-3-9(11(15)6-8)7-1-4-12(16)10(5-7)13(17)18;1-2/h1-6,16H,(H,17,18);2H2,1H3. The molecular formula is C14H13F2O2PS. The summed E-state index contributed by atoms with van der Waals surface area (Å²) in [5.74, 6) is -1.65. The Morgan fingerprint density at radius 3 is 2.35 bits per heavy atom. The van der Waals surface area contributed by atoms with E-state index in [1.807, 2.05) is 6.66 Å². The van der Waals surface area contributed by atoms with E-state index in [2.05, 4.69) is 21.9 Å². The van der Waals surface area contributed by atoms with E-state index in [1.54, 1.807) is 0 Å². The lowest BCUT2D eigenvalue weighted by molar-refractivity contribution is 0.108. The summed E-state index contributed by atoms with van der Waals surface area (Å²) in [6, 6.07) is 7.15. The largest absolute Gasteiger partial charge is 0.507 e. The molecule has 1 N–H and O–H groups in total. The smallest absolute Gasteiger partial charge is 0.220 e. The highest BCUT2D eigenvalue weighted by Crippen LogP contribution is 2.28. The van der Waals surface area contributed by atoms with Crippen molar-refractivity contribution in [3.63, 3.8) is 0 Å². The lowest BCUT2D eigenvalue weighted by Gasteiger charge is -2.06. The van der Waals surface area contributed by atoms with Crippen LogP contribution in [0.15, 0.2) is 36.4 Å². The maximum atomic E-state index is 13.6. The number of phenols is 1. The zero-order chi connectivity index (χ0) is 15.3. The fourth-order valence-corrected chi connectivity index (χ4v) is 1.78. The van der Waals surface area contributed by atoms with Crippen molar-refractivity contribution in [3.05, 3.63) is 53.6 Å². The Bertz CT molecular complexity index is 633. The van der Waals surface area contributed by atoms with Crippen molar-refractivity contribution < 1.29 is 18.7 Å². The number of hydrogen-bond donors (Lipinski definition) is 2. The zero-order valence-corrected chi connectivity index (χ0v) is 12.6. The quantitative estimate of drug-likeness (QED) is 0.652. The lowest BCUT2D eigenvalue weighted by Crippen LogP contribution is -1.92. The van der Waals surface area contributed by atoms with E-state index in [0.717, 1.165) is 12.1 Å². The predicted molar refractivity (Wildman–Crippen MR) is 82.4 cm³/mol. The molecule has 2 aromatic rings. The number of benzene rings is 2. The summed E-state index contributed by atoms with van der Waals surface area (Å²) in [6.07, 6.45) is 0. The summed E-state index contributed by atoms with van der Waals surface area (Å²) < 4.78 is 26.4. The van der Waals surface area contributed by atoms with Crippen molar-refractivity contribution in [2.75, 3.05) is 6.66 Å². The molecule has 0 aliphatic rings. The number of aromatic hydroxyl groups is 1. The van der Waals surface area contributed by atoms with Gasteiger partial charge in [0.2, 0.25) is 5.12 Å². The van der Waals surface area contributed by atoms with Gasteiger partial charge in [0.1, 0.15) is 17.4 Å². The predicted octanol–water partition coefficient (Wildman–Crippen LogP) is 3.90. The summed E-state index contributed by atoms with van der Waals surface area (Å²) in [6.45, 7) is 1.92. The molecule has 20 heavy (non-hydrogen) atoms. The minimum Gasteiger partial charge on any atom is -0.507 e. The van der Waals surface area contributed by atoms with E-state index >= 15 is 0 Å². The molecule has 0 radical (unpaired) electrons. The van der Waals surface area contributed by atoms with Gasteiger partial charge in [0.05, 0.1) is 5.56 Å². The highest BCUT2D eigenvalue weighted by molar-refractivity contribution is 7.97. The first-order chi connectivity index (χ1) is 9.49. The Morgan fingerprint density at radius 1 is 1.15 bits per heavy atom. The minimum atomic E-state index is -0.738. The first-order valence-electron chi connectivity index (χ1n) is 5.58. The molecule has 0 bridgehead atoms. The first-order valence-corrected chi connectivity index (χ1v) is 7.18. The van der Waals surface area contributed by atoms with Crippen molar-refractivity contribution in [2.24, 2.45) is 0 Å². The van der Waals surface area contributed by atoms with Crippen LogP contribution < -0.4 is 0 Å². The second kappa shape index (κ2) is 7.36. The number of carbonyl (C=O) groups excluding carboxylic acids is 1. The Morgan fingerprint density at radius 2 is 1.80 bits per heavy atom. The Hall–Kier alpha value is -1.45. The van der Waals surface area contributed by atoms with Crippen LogP contribution in [0.2, 0.25) is 0 Å². The number of phenolic OH excluding ortho intramolecular Hbond substituents is 1. The molecule has 2 nitrogen and oxygen atoms in total. The fourth-order valence-electron chi connectivity index (χ4n) is 1.60. The summed E-state index contributed by atoms with van der Waals surface area (Å²) >= 11 is 3.61. The van der Waals surface area contributed by atoms with Crippen LogP contribution in [-0.4, -0.2) is 16.9 Å². The highest BCUT2D eigenvalue weighted by atomic mass is 32.1. The zero-order valence-electron chi connectivity index (χ0n) is 10.6. The van der Waals surface area contributed by atoms with E-state index in [0.29, 0.717) is 5.56 Å². The van der Waals surface area contributed by atoms with E-state index < -0.39 is 16.7 Å². The number of hydrogen-bond acceptors (Lipinski definition) is 2. The first kappa shape index (κ1) is 16.6. The maximum absolute atomic E-state index is 13.6. The molecule has 1 atom stereocenters. The maximum Gasteiger partial charge on any atom is 0.220 e. The SMILES string of the molecule is CP.O=C(S)c1cc(-c2ccc(F)cc2F)ccc1O. The molecule has 0 aliphatic heterocycles. The normalized spacial score (nSPS) is 9.65. The summed E-state index contributed by atoms with van der Waals surface area (Å²) in [5.41, 5.74) is 0.481.